The zero-order valence-electron chi connectivity index (χ0n) is 44.3. The molecule has 0 aliphatic carbocycles. The summed E-state index contributed by atoms with van der Waals surface area (Å²) in [7, 11) is 0. The molecule has 0 saturated carbocycles. The monoisotopic (exact) mass is 1030 g/mol. The molecule has 13 aromatic rings. The molecule has 0 unspecified atom stereocenters. The van der Waals surface area contributed by atoms with Crippen molar-refractivity contribution in [2.45, 2.75) is 40.8 Å². The van der Waals surface area contributed by atoms with E-state index in [-0.39, 0.29) is 0 Å². The van der Waals surface area contributed by atoms with E-state index in [4.69, 9.17) is 6.57 Å². The smallest absolute Gasteiger partial charge is 0.310 e. The van der Waals surface area contributed by atoms with Crippen LogP contribution in [0.5, 0.6) is 0 Å². The number of hydrogen-bond donors (Lipinski definition) is 0. The molecule has 0 amide bonds. The van der Waals surface area contributed by atoms with Gasteiger partial charge in [0.05, 0.1) is 39.9 Å². The van der Waals surface area contributed by atoms with E-state index in [1.165, 1.54) is 34.4 Å². The van der Waals surface area contributed by atoms with Crippen molar-refractivity contribution in [3.8, 4) is 78.1 Å². The number of alkyl halides is 3. The third kappa shape index (κ3) is 8.38. The first-order valence-electron chi connectivity index (χ1n) is 26.6. The van der Waals surface area contributed by atoms with E-state index in [9.17, 15) is 13.2 Å². The normalized spacial score (nSPS) is 11.8. The van der Waals surface area contributed by atoms with Gasteiger partial charge in [0.15, 0.2) is 5.69 Å². The van der Waals surface area contributed by atoms with E-state index in [0.29, 0.717) is 16.8 Å². The minimum absolute atomic E-state index is 0.490. The van der Waals surface area contributed by atoms with Gasteiger partial charge in [-0.25, -0.2) is 4.85 Å². The molecule has 380 valence electrons. The molecule has 0 N–H and O–H groups in total. The van der Waals surface area contributed by atoms with E-state index in [0.717, 1.165) is 116 Å². The molecule has 0 aliphatic rings. The van der Waals surface area contributed by atoms with Gasteiger partial charge in [-0.2, -0.15) is 13.2 Å². The third-order valence-corrected chi connectivity index (χ3v) is 16.1. The Morgan fingerprint density at radius 3 is 0.987 bits per heavy atom. The second kappa shape index (κ2) is 19.1. The van der Waals surface area contributed by atoms with Crippen LogP contribution in [0, 0.1) is 41.2 Å². The van der Waals surface area contributed by atoms with Crippen LogP contribution in [0.1, 0.15) is 33.4 Å². The van der Waals surface area contributed by atoms with Crippen LogP contribution in [0.15, 0.2) is 224 Å². The fourth-order valence-corrected chi connectivity index (χ4v) is 12.1. The van der Waals surface area contributed by atoms with E-state index < -0.39 is 11.7 Å². The van der Waals surface area contributed by atoms with Crippen LogP contribution >= 0.6 is 0 Å². The molecule has 79 heavy (non-hydrogen) atoms. The number of nitrogens with zero attached hydrogens (tertiary/aromatic N) is 3. The minimum atomic E-state index is -4.49. The summed E-state index contributed by atoms with van der Waals surface area (Å²) in [6, 6.07) is 76.9. The molecule has 2 heterocycles. The summed E-state index contributed by atoms with van der Waals surface area (Å²) < 4.78 is 47.3. The zero-order valence-corrected chi connectivity index (χ0v) is 44.3. The Kier molecular flexibility index (Phi) is 11.8. The Morgan fingerprint density at radius 2 is 0.633 bits per heavy atom. The Hall–Kier alpha value is -9.70. The van der Waals surface area contributed by atoms with Crippen molar-refractivity contribution < 1.29 is 13.2 Å². The number of benzene rings is 11. The second-order valence-corrected chi connectivity index (χ2v) is 20.9. The van der Waals surface area contributed by atoms with Gasteiger partial charge in [0, 0.05) is 38.4 Å². The average Bonchev–Trinajstić information content (AvgIpc) is 4.12. The highest BCUT2D eigenvalue weighted by Gasteiger charge is 2.31. The lowest BCUT2D eigenvalue weighted by Crippen LogP contribution is -2.05. The molecule has 0 atom stereocenters. The number of hydrogen-bond acceptors (Lipinski definition) is 0. The summed E-state index contributed by atoms with van der Waals surface area (Å²) in [5.41, 5.74) is 22.9. The molecule has 2 aromatic heterocycles. The maximum Gasteiger partial charge on any atom is 0.416 e. The van der Waals surface area contributed by atoms with Gasteiger partial charge in [0.25, 0.3) is 0 Å². The summed E-state index contributed by atoms with van der Waals surface area (Å²) >= 11 is 0. The van der Waals surface area contributed by atoms with Crippen molar-refractivity contribution in [3.05, 3.63) is 269 Å². The van der Waals surface area contributed by atoms with Gasteiger partial charge in [0.1, 0.15) is 0 Å². The highest BCUT2D eigenvalue weighted by atomic mass is 19.4. The predicted molar refractivity (Wildman–Crippen MR) is 323 cm³/mol. The Balaban J connectivity index is 1.12. The lowest BCUT2D eigenvalue weighted by molar-refractivity contribution is -0.137. The van der Waals surface area contributed by atoms with Gasteiger partial charge in [-0.1, -0.05) is 152 Å². The molecule has 0 fully saturated rings. The van der Waals surface area contributed by atoms with Crippen molar-refractivity contribution in [2.75, 3.05) is 0 Å². The fourth-order valence-electron chi connectivity index (χ4n) is 12.1. The average molecular weight is 1030 g/mol. The first-order valence-corrected chi connectivity index (χ1v) is 26.6. The molecule has 0 radical (unpaired) electrons. The van der Waals surface area contributed by atoms with E-state index in [1.807, 2.05) is 18.2 Å². The fraction of sp³-hybridized carbons (Fsp3) is 0.0822. The molecular weight excluding hydrogens is 976 g/mol. The Morgan fingerprint density at radius 1 is 0.316 bits per heavy atom. The summed E-state index contributed by atoms with van der Waals surface area (Å²) in [5.74, 6) is 0. The van der Waals surface area contributed by atoms with Gasteiger partial charge >= 0.3 is 6.18 Å². The molecule has 0 bridgehead atoms. The standard InChI is InChI=1S/C73H52F3N3/c1-44-15-7-11-19-56(44)49-24-33-67-63(38-49)64-39-50(57-20-12-8-16-45(57)2)25-34-68(64)78(67)71-42-53(60-31-28-54(37-48(60)5)73(74,75)76)23-30-61(71)62-32-29-55(77-6)43-72(62)79-69-35-26-51(58-21-13-9-17-46(58)3)40-65(69)66-41-52(27-36-70(66)79)59-22-14-10-18-47(59)4/h7-43H,1-5H3. The summed E-state index contributed by atoms with van der Waals surface area (Å²) in [4.78, 5) is 4.04. The second-order valence-electron chi connectivity index (χ2n) is 20.9. The highest BCUT2D eigenvalue weighted by molar-refractivity contribution is 6.14. The molecule has 13 rings (SSSR count). The summed E-state index contributed by atoms with van der Waals surface area (Å²) in [6.07, 6.45) is -4.49. The van der Waals surface area contributed by atoms with Gasteiger partial charge in [-0.15, -0.1) is 0 Å². The van der Waals surface area contributed by atoms with Crippen molar-refractivity contribution in [1.29, 1.82) is 0 Å². The number of aromatic nitrogens is 2. The van der Waals surface area contributed by atoms with Crippen LogP contribution in [-0.2, 0) is 6.18 Å². The maximum atomic E-state index is 14.2. The van der Waals surface area contributed by atoms with Gasteiger partial charge in [-0.05, 0) is 191 Å². The van der Waals surface area contributed by atoms with E-state index in [2.05, 4.69) is 230 Å². The minimum Gasteiger partial charge on any atom is -0.310 e. The number of fused-ring (bicyclic) bond motifs is 6. The van der Waals surface area contributed by atoms with Crippen molar-refractivity contribution in [1.82, 2.24) is 9.13 Å². The summed E-state index contributed by atoms with van der Waals surface area (Å²) in [6.45, 7) is 18.7. The molecule has 0 aliphatic heterocycles. The molecular formula is C73H52F3N3. The number of aryl methyl sites for hydroxylation is 5. The quantitative estimate of drug-likeness (QED) is 0.135. The third-order valence-electron chi connectivity index (χ3n) is 16.1. The predicted octanol–water partition coefficient (Wildman–Crippen LogP) is 21.0. The van der Waals surface area contributed by atoms with Crippen LogP contribution in [0.2, 0.25) is 0 Å². The Labute approximate surface area is 457 Å². The van der Waals surface area contributed by atoms with E-state index in [1.54, 1.807) is 13.0 Å². The molecule has 11 aromatic carbocycles. The van der Waals surface area contributed by atoms with Crippen LogP contribution in [0.4, 0.5) is 18.9 Å². The topological polar surface area (TPSA) is 14.2 Å². The van der Waals surface area contributed by atoms with Crippen molar-refractivity contribution >= 4 is 49.3 Å². The number of rotatable bonds is 8. The van der Waals surface area contributed by atoms with E-state index >= 15 is 0 Å². The highest BCUT2D eigenvalue weighted by Crippen LogP contribution is 2.46. The van der Waals surface area contributed by atoms with Crippen molar-refractivity contribution in [3.63, 3.8) is 0 Å². The van der Waals surface area contributed by atoms with Gasteiger partial charge in [-0.3, -0.25) is 0 Å². The summed E-state index contributed by atoms with van der Waals surface area (Å²) in [5, 5.41) is 4.28. The molecule has 0 saturated heterocycles. The first-order chi connectivity index (χ1) is 38.3. The lowest BCUT2D eigenvalue weighted by atomic mass is 9.93. The largest absolute Gasteiger partial charge is 0.416 e. The zero-order chi connectivity index (χ0) is 54.3. The molecule has 3 nitrogen and oxygen atoms in total. The maximum absolute atomic E-state index is 14.2. The van der Waals surface area contributed by atoms with Crippen LogP contribution < -0.4 is 0 Å². The number of halogens is 3. The van der Waals surface area contributed by atoms with Gasteiger partial charge < -0.3 is 9.13 Å². The first kappa shape index (κ1) is 48.9. The SMILES string of the molecule is [C-]#[N+]c1ccc(-c2ccc(-c3ccc(C(F)(F)F)cc3C)cc2-n2c3ccc(-c4ccccc4C)cc3c3cc(-c4ccccc4C)ccc32)c(-n2c3ccc(-c4ccccc4C)cc3c3cc(-c4ccccc4C)ccc32)c1. The van der Waals surface area contributed by atoms with Gasteiger partial charge in [0.2, 0.25) is 0 Å². The van der Waals surface area contributed by atoms with Crippen LogP contribution in [0.3, 0.4) is 0 Å². The molecule has 0 spiro atoms. The lowest BCUT2D eigenvalue weighted by Gasteiger charge is -2.21. The van der Waals surface area contributed by atoms with Crippen LogP contribution in [0.25, 0.3) is 127 Å². The van der Waals surface area contributed by atoms with Crippen molar-refractivity contribution in [2.24, 2.45) is 0 Å². The molecule has 6 heteroatoms. The Bertz CT molecular complexity index is 4470. The van der Waals surface area contributed by atoms with Crippen LogP contribution in [-0.4, -0.2) is 9.13 Å².